The van der Waals surface area contributed by atoms with Crippen molar-refractivity contribution in [3.63, 3.8) is 0 Å². The van der Waals surface area contributed by atoms with E-state index in [-0.39, 0.29) is 34.0 Å². The Morgan fingerprint density at radius 1 is 1.24 bits per heavy atom. The molecular weight excluding hydrogens is 468 g/mol. The van der Waals surface area contributed by atoms with Crippen LogP contribution in [0, 0.1) is 18.7 Å². The molecule has 1 saturated carbocycles. The van der Waals surface area contributed by atoms with Crippen molar-refractivity contribution in [3.05, 3.63) is 58.1 Å². The first-order chi connectivity index (χ1) is 15.5. The van der Waals surface area contributed by atoms with Gasteiger partial charge in [0.1, 0.15) is 11.5 Å². The maximum absolute atomic E-state index is 14.7. The second-order valence-electron chi connectivity index (χ2n) is 7.83. The third kappa shape index (κ3) is 3.71. The number of carboxylic acids is 1. The highest BCUT2D eigenvalue weighted by Crippen LogP contribution is 2.49. The Labute approximate surface area is 187 Å². The summed E-state index contributed by atoms with van der Waals surface area (Å²) in [5.74, 6) is -2.55. The first-order valence-corrected chi connectivity index (χ1v) is 10.0. The summed E-state index contributed by atoms with van der Waals surface area (Å²) in [5, 5.41) is 12.7. The summed E-state index contributed by atoms with van der Waals surface area (Å²) in [6.45, 7) is 1.70. The minimum atomic E-state index is -4.58. The number of halogens is 5. The number of rotatable bonds is 4. The number of aryl methyl sites for hydroxylation is 1. The van der Waals surface area contributed by atoms with E-state index >= 15 is 0 Å². The van der Waals surface area contributed by atoms with E-state index < -0.39 is 29.4 Å². The lowest BCUT2D eigenvalue weighted by molar-refractivity contribution is -0.139. The number of nitrogens with zero attached hydrogens (tertiary/aromatic N) is 4. The van der Waals surface area contributed by atoms with E-state index in [1.807, 2.05) is 0 Å². The fraction of sp³-hybridized carbons (Fsp3) is 0.238. The van der Waals surface area contributed by atoms with Gasteiger partial charge in [-0.2, -0.15) is 18.2 Å². The van der Waals surface area contributed by atoms with Gasteiger partial charge in [0.25, 0.3) is 5.89 Å². The highest BCUT2D eigenvalue weighted by Gasteiger charge is 2.45. The molecule has 4 aromatic rings. The molecule has 3 heterocycles. The third-order valence-electron chi connectivity index (χ3n) is 5.57. The second-order valence-corrected chi connectivity index (χ2v) is 8.24. The molecule has 5 rings (SSSR count). The molecule has 1 N–H and O–H groups in total. The molecule has 0 saturated heterocycles. The van der Waals surface area contributed by atoms with Crippen molar-refractivity contribution >= 4 is 23.2 Å². The number of pyridine rings is 1. The summed E-state index contributed by atoms with van der Waals surface area (Å²) in [4.78, 5) is 19.5. The molecular formula is C21H13ClF4N4O3. The van der Waals surface area contributed by atoms with Crippen molar-refractivity contribution in [2.24, 2.45) is 5.92 Å². The molecule has 0 aliphatic heterocycles. The van der Waals surface area contributed by atoms with Crippen LogP contribution in [0.5, 0.6) is 0 Å². The Morgan fingerprint density at radius 2 is 2.00 bits per heavy atom. The average Bonchev–Trinajstić information content (AvgIpc) is 3.16. The standard InChI is InChI=1S/C21H13ClF4N4O3/c1-8-2-12(11-4-13(11)20(31)32)15(23)5-10(8)19-28-17(29-33-19)16-7-30-6-9(21(24,25)26)3-14(22)18(30)27-16/h2-3,5-7,11,13H,4H2,1H3,(H,31,32). The van der Waals surface area contributed by atoms with Crippen molar-refractivity contribution < 1.29 is 32.0 Å². The molecule has 0 bridgehead atoms. The van der Waals surface area contributed by atoms with E-state index in [2.05, 4.69) is 15.1 Å². The van der Waals surface area contributed by atoms with Crippen LogP contribution in [-0.2, 0) is 11.0 Å². The van der Waals surface area contributed by atoms with Crippen molar-refractivity contribution in [2.45, 2.75) is 25.4 Å². The van der Waals surface area contributed by atoms with Gasteiger partial charge in [-0.15, -0.1) is 0 Å². The fourth-order valence-corrected chi connectivity index (χ4v) is 4.04. The van der Waals surface area contributed by atoms with E-state index in [0.29, 0.717) is 23.1 Å². The minimum absolute atomic E-state index is 0.0161. The summed E-state index contributed by atoms with van der Waals surface area (Å²) >= 11 is 5.96. The minimum Gasteiger partial charge on any atom is -0.481 e. The zero-order valence-electron chi connectivity index (χ0n) is 16.7. The smallest absolute Gasteiger partial charge is 0.417 e. The number of carboxylic acid groups (broad SMARTS) is 1. The number of fused-ring (bicyclic) bond motifs is 1. The summed E-state index contributed by atoms with van der Waals surface area (Å²) < 4.78 is 60.2. The number of hydrogen-bond acceptors (Lipinski definition) is 5. The van der Waals surface area contributed by atoms with E-state index in [9.17, 15) is 22.4 Å². The average molecular weight is 481 g/mol. The van der Waals surface area contributed by atoms with Gasteiger partial charge in [0, 0.05) is 23.9 Å². The molecule has 1 aromatic carbocycles. The third-order valence-corrected chi connectivity index (χ3v) is 5.85. The van der Waals surface area contributed by atoms with Gasteiger partial charge in [-0.3, -0.25) is 4.79 Å². The van der Waals surface area contributed by atoms with Crippen molar-refractivity contribution in [1.29, 1.82) is 0 Å². The molecule has 33 heavy (non-hydrogen) atoms. The molecule has 2 atom stereocenters. The number of hydrogen-bond donors (Lipinski definition) is 1. The molecule has 1 aliphatic carbocycles. The van der Waals surface area contributed by atoms with Crippen LogP contribution in [0.3, 0.4) is 0 Å². The monoisotopic (exact) mass is 480 g/mol. The van der Waals surface area contributed by atoms with Crippen LogP contribution >= 0.6 is 11.6 Å². The number of carbonyl (C=O) groups is 1. The van der Waals surface area contributed by atoms with Crippen LogP contribution in [0.25, 0.3) is 28.6 Å². The predicted octanol–water partition coefficient (Wildman–Crippen LogP) is 5.36. The van der Waals surface area contributed by atoms with E-state index in [4.69, 9.17) is 21.2 Å². The van der Waals surface area contributed by atoms with Crippen LogP contribution < -0.4 is 0 Å². The van der Waals surface area contributed by atoms with Crippen LogP contribution in [0.4, 0.5) is 17.6 Å². The highest BCUT2D eigenvalue weighted by molar-refractivity contribution is 6.33. The Morgan fingerprint density at radius 3 is 2.67 bits per heavy atom. The number of aliphatic carboxylic acids is 1. The van der Waals surface area contributed by atoms with Crippen molar-refractivity contribution in [1.82, 2.24) is 19.5 Å². The van der Waals surface area contributed by atoms with Gasteiger partial charge in [0.05, 0.1) is 16.5 Å². The van der Waals surface area contributed by atoms with Crippen molar-refractivity contribution in [2.75, 3.05) is 0 Å². The quantitative estimate of drug-likeness (QED) is 0.395. The van der Waals surface area contributed by atoms with Crippen molar-refractivity contribution in [3.8, 4) is 23.0 Å². The lowest BCUT2D eigenvalue weighted by Gasteiger charge is -2.07. The van der Waals surface area contributed by atoms with Gasteiger partial charge >= 0.3 is 12.1 Å². The number of alkyl halides is 3. The number of imidazole rings is 1. The molecule has 1 aliphatic rings. The zero-order valence-corrected chi connectivity index (χ0v) is 17.4. The Balaban J connectivity index is 1.49. The van der Waals surface area contributed by atoms with E-state index in [1.165, 1.54) is 12.3 Å². The summed E-state index contributed by atoms with van der Waals surface area (Å²) in [5.41, 5.74) is 0.482. The molecule has 2 unspecified atom stereocenters. The van der Waals surface area contributed by atoms with E-state index in [0.717, 1.165) is 16.7 Å². The van der Waals surface area contributed by atoms with E-state index in [1.54, 1.807) is 13.0 Å². The highest BCUT2D eigenvalue weighted by atomic mass is 35.5. The zero-order chi connectivity index (χ0) is 23.7. The molecule has 12 heteroatoms. The van der Waals surface area contributed by atoms with Crippen LogP contribution in [0.15, 0.2) is 35.1 Å². The van der Waals surface area contributed by atoms with Gasteiger partial charge in [0.2, 0.25) is 5.82 Å². The molecule has 0 amide bonds. The van der Waals surface area contributed by atoms with Gasteiger partial charge in [0.15, 0.2) is 5.65 Å². The lowest BCUT2D eigenvalue weighted by Crippen LogP contribution is -2.06. The number of benzene rings is 1. The predicted molar refractivity (Wildman–Crippen MR) is 107 cm³/mol. The van der Waals surface area contributed by atoms with Gasteiger partial charge in [-0.05, 0) is 36.6 Å². The molecule has 0 radical (unpaired) electrons. The summed E-state index contributed by atoms with van der Waals surface area (Å²) in [6.07, 6.45) is -2.08. The fourth-order valence-electron chi connectivity index (χ4n) is 3.79. The molecule has 7 nitrogen and oxygen atoms in total. The maximum atomic E-state index is 14.7. The maximum Gasteiger partial charge on any atom is 0.417 e. The largest absolute Gasteiger partial charge is 0.481 e. The second kappa shape index (κ2) is 7.27. The number of aromatic nitrogens is 4. The summed E-state index contributed by atoms with van der Waals surface area (Å²) in [7, 11) is 0. The molecule has 170 valence electrons. The first-order valence-electron chi connectivity index (χ1n) is 9.65. The topological polar surface area (TPSA) is 93.5 Å². The van der Waals surface area contributed by atoms with Gasteiger partial charge in [-0.1, -0.05) is 22.8 Å². The Bertz CT molecular complexity index is 1430. The SMILES string of the molecule is Cc1cc(C2CC2C(=O)O)c(F)cc1-c1nc(-c2cn3cc(C(F)(F)F)cc(Cl)c3n2)no1. The molecule has 1 fully saturated rings. The Kier molecular flexibility index (Phi) is 4.71. The molecule has 3 aromatic heterocycles. The van der Waals surface area contributed by atoms with Gasteiger partial charge < -0.3 is 14.0 Å². The normalized spacial score (nSPS) is 18.1. The molecule has 0 spiro atoms. The Hall–Kier alpha value is -3.47. The van der Waals surface area contributed by atoms with Crippen LogP contribution in [0.1, 0.15) is 29.0 Å². The summed E-state index contributed by atoms with van der Waals surface area (Å²) in [6, 6.07) is 3.54. The first kappa shape index (κ1) is 21.4. The lowest BCUT2D eigenvalue weighted by atomic mass is 10.0. The van der Waals surface area contributed by atoms with Crippen LogP contribution in [0.2, 0.25) is 5.02 Å². The van der Waals surface area contributed by atoms with Crippen LogP contribution in [-0.4, -0.2) is 30.6 Å². The van der Waals surface area contributed by atoms with Gasteiger partial charge in [-0.25, -0.2) is 9.37 Å².